The average molecular weight is 326 g/mol. The topological polar surface area (TPSA) is 81.4 Å². The molecule has 6 heteroatoms. The molecule has 1 aromatic carbocycles. The minimum atomic E-state index is -0.934. The molecule has 3 atom stereocenters. The van der Waals surface area contributed by atoms with E-state index >= 15 is 0 Å². The van der Waals surface area contributed by atoms with Crippen molar-refractivity contribution in [2.24, 2.45) is 5.73 Å². The van der Waals surface area contributed by atoms with Gasteiger partial charge in [-0.25, -0.2) is 0 Å². The predicted octanol–water partition coefficient (Wildman–Crippen LogP) is 1.28. The first-order valence-corrected chi connectivity index (χ1v) is 9.09. The van der Waals surface area contributed by atoms with E-state index in [-0.39, 0.29) is 11.9 Å². The van der Waals surface area contributed by atoms with Crippen molar-refractivity contribution < 1.29 is 13.7 Å². The Labute approximate surface area is 135 Å². The van der Waals surface area contributed by atoms with Gasteiger partial charge in [0, 0.05) is 22.8 Å². The molecule has 124 valence electrons. The van der Waals surface area contributed by atoms with Gasteiger partial charge >= 0.3 is 0 Å². The number of aryl methyl sites for hydroxylation is 2. The number of hydrogen-bond acceptors (Lipinski definition) is 4. The molecule has 0 bridgehead atoms. The third-order valence-electron chi connectivity index (χ3n) is 3.33. The van der Waals surface area contributed by atoms with Crippen molar-refractivity contribution in [2.45, 2.75) is 39.3 Å². The van der Waals surface area contributed by atoms with E-state index < -0.39 is 16.8 Å². The summed E-state index contributed by atoms with van der Waals surface area (Å²) in [7, 11) is -0.934. The average Bonchev–Trinajstić information content (AvgIpc) is 2.44. The lowest BCUT2D eigenvalue weighted by Crippen LogP contribution is -2.46. The van der Waals surface area contributed by atoms with E-state index in [1.807, 2.05) is 39.0 Å². The molecule has 0 aliphatic rings. The summed E-state index contributed by atoms with van der Waals surface area (Å²) in [5.41, 5.74) is 7.92. The van der Waals surface area contributed by atoms with Gasteiger partial charge in [0.1, 0.15) is 12.4 Å². The number of nitrogens with one attached hydrogen (secondary N) is 1. The van der Waals surface area contributed by atoms with Crippen molar-refractivity contribution in [3.63, 3.8) is 0 Å². The molecule has 0 spiro atoms. The minimum Gasteiger partial charge on any atom is -0.491 e. The summed E-state index contributed by atoms with van der Waals surface area (Å²) in [6.07, 6.45) is 2.02. The van der Waals surface area contributed by atoms with E-state index in [1.165, 1.54) is 0 Å². The van der Waals surface area contributed by atoms with Gasteiger partial charge in [0.2, 0.25) is 5.91 Å². The van der Waals surface area contributed by atoms with E-state index in [2.05, 4.69) is 5.32 Å². The maximum atomic E-state index is 11.9. The largest absolute Gasteiger partial charge is 0.491 e. The van der Waals surface area contributed by atoms with Crippen molar-refractivity contribution in [1.29, 1.82) is 0 Å². The summed E-state index contributed by atoms with van der Waals surface area (Å²) in [5.74, 6) is 1.05. The van der Waals surface area contributed by atoms with Crippen LogP contribution in [0.1, 0.15) is 24.5 Å². The Morgan fingerprint density at radius 2 is 1.95 bits per heavy atom. The Balaban J connectivity index is 2.44. The van der Waals surface area contributed by atoms with Crippen LogP contribution in [0.5, 0.6) is 5.75 Å². The van der Waals surface area contributed by atoms with E-state index in [0.717, 1.165) is 16.9 Å². The van der Waals surface area contributed by atoms with E-state index in [4.69, 9.17) is 10.5 Å². The summed E-state index contributed by atoms with van der Waals surface area (Å²) < 4.78 is 16.8. The fraction of sp³-hybridized carbons (Fsp3) is 0.562. The number of rotatable bonds is 8. The molecule has 2 unspecified atom stereocenters. The van der Waals surface area contributed by atoms with Crippen LogP contribution in [0.4, 0.5) is 0 Å². The molecule has 1 rings (SSSR count). The van der Waals surface area contributed by atoms with Gasteiger partial charge in [-0.3, -0.25) is 9.00 Å². The van der Waals surface area contributed by atoms with E-state index in [0.29, 0.717) is 18.8 Å². The highest BCUT2D eigenvalue weighted by Crippen LogP contribution is 2.22. The molecule has 1 aromatic rings. The fourth-order valence-electron chi connectivity index (χ4n) is 2.05. The number of ether oxygens (including phenoxy) is 1. The highest BCUT2D eigenvalue weighted by molar-refractivity contribution is 7.84. The molecular formula is C16H26N2O3S. The van der Waals surface area contributed by atoms with Crippen LogP contribution in [0.2, 0.25) is 0 Å². The molecule has 1 amide bonds. The molecule has 0 saturated heterocycles. The van der Waals surface area contributed by atoms with E-state index in [1.54, 1.807) is 6.26 Å². The van der Waals surface area contributed by atoms with Gasteiger partial charge in [0.25, 0.3) is 0 Å². The Morgan fingerprint density at radius 1 is 1.36 bits per heavy atom. The van der Waals surface area contributed by atoms with Crippen LogP contribution in [-0.2, 0) is 15.6 Å². The first-order valence-electron chi connectivity index (χ1n) is 7.36. The molecule has 22 heavy (non-hydrogen) atoms. The number of amides is 1. The van der Waals surface area contributed by atoms with E-state index in [9.17, 15) is 9.00 Å². The monoisotopic (exact) mass is 326 g/mol. The quantitative estimate of drug-likeness (QED) is 0.754. The van der Waals surface area contributed by atoms with Gasteiger partial charge in [-0.15, -0.1) is 0 Å². The number of nitrogens with two attached hydrogens (primary N) is 1. The number of para-hydroxylation sites is 1. The van der Waals surface area contributed by atoms with Crippen LogP contribution in [0, 0.1) is 13.8 Å². The Bertz CT molecular complexity index is 514. The lowest BCUT2D eigenvalue weighted by atomic mass is 10.1. The van der Waals surface area contributed by atoms with Gasteiger partial charge in [0.05, 0.1) is 12.1 Å². The SMILES string of the molecule is Cc1cccc(C)c1OCC(C)NC(=O)[C@@H](N)CCS(C)=O. The molecular weight excluding hydrogens is 300 g/mol. The van der Waals surface area contributed by atoms with Crippen molar-refractivity contribution in [1.82, 2.24) is 5.32 Å². The predicted molar refractivity (Wildman–Crippen MR) is 90.5 cm³/mol. The summed E-state index contributed by atoms with van der Waals surface area (Å²) in [6.45, 7) is 6.23. The normalized spacial score (nSPS) is 15.0. The van der Waals surface area contributed by atoms with Crippen LogP contribution in [0.15, 0.2) is 18.2 Å². The van der Waals surface area contributed by atoms with Crippen molar-refractivity contribution >= 4 is 16.7 Å². The molecule has 0 heterocycles. The third kappa shape index (κ3) is 6.15. The summed E-state index contributed by atoms with van der Waals surface area (Å²) in [5, 5.41) is 2.82. The van der Waals surface area contributed by atoms with Gasteiger partial charge in [-0.2, -0.15) is 0 Å². The molecule has 5 nitrogen and oxygen atoms in total. The Kier molecular flexibility index (Phi) is 7.55. The fourth-order valence-corrected chi connectivity index (χ4v) is 2.64. The maximum absolute atomic E-state index is 11.9. The number of benzene rings is 1. The lowest BCUT2D eigenvalue weighted by Gasteiger charge is -2.19. The lowest BCUT2D eigenvalue weighted by molar-refractivity contribution is -0.123. The molecule has 0 aliphatic carbocycles. The Hall–Kier alpha value is -1.40. The number of hydrogen-bond donors (Lipinski definition) is 2. The Morgan fingerprint density at radius 3 is 2.50 bits per heavy atom. The van der Waals surface area contributed by atoms with Gasteiger partial charge < -0.3 is 15.8 Å². The summed E-state index contributed by atoms with van der Waals surface area (Å²) >= 11 is 0. The van der Waals surface area contributed by atoms with Crippen molar-refractivity contribution in [3.05, 3.63) is 29.3 Å². The molecule has 0 aliphatic heterocycles. The van der Waals surface area contributed by atoms with Crippen LogP contribution >= 0.6 is 0 Å². The van der Waals surface area contributed by atoms with Gasteiger partial charge in [-0.05, 0) is 38.3 Å². The maximum Gasteiger partial charge on any atom is 0.237 e. The molecule has 0 saturated carbocycles. The number of carbonyl (C=O) groups excluding carboxylic acids is 1. The number of carbonyl (C=O) groups is 1. The van der Waals surface area contributed by atoms with Crippen LogP contribution in [0.3, 0.4) is 0 Å². The summed E-state index contributed by atoms with van der Waals surface area (Å²) in [4.78, 5) is 11.9. The highest BCUT2D eigenvalue weighted by Gasteiger charge is 2.16. The van der Waals surface area contributed by atoms with Crippen LogP contribution in [0.25, 0.3) is 0 Å². The standard InChI is InChI=1S/C16H26N2O3S/c1-11-6-5-7-12(2)15(11)21-10-13(3)18-16(19)14(17)8-9-22(4)20/h5-7,13-14H,8-10,17H2,1-4H3,(H,18,19)/t13?,14-,22?/m0/s1. The second kappa shape index (κ2) is 8.90. The molecule has 0 radical (unpaired) electrons. The molecule has 0 aromatic heterocycles. The second-order valence-electron chi connectivity index (χ2n) is 5.61. The zero-order chi connectivity index (χ0) is 16.7. The first-order chi connectivity index (χ1) is 10.3. The zero-order valence-electron chi connectivity index (χ0n) is 13.7. The summed E-state index contributed by atoms with van der Waals surface area (Å²) in [6, 6.07) is 5.19. The first kappa shape index (κ1) is 18.6. The van der Waals surface area contributed by atoms with Crippen LogP contribution in [-0.4, -0.2) is 40.8 Å². The highest BCUT2D eigenvalue weighted by atomic mass is 32.2. The van der Waals surface area contributed by atoms with Crippen LogP contribution < -0.4 is 15.8 Å². The zero-order valence-corrected chi connectivity index (χ0v) is 14.5. The second-order valence-corrected chi connectivity index (χ2v) is 7.17. The van der Waals surface area contributed by atoms with Gasteiger partial charge in [0.15, 0.2) is 0 Å². The smallest absolute Gasteiger partial charge is 0.237 e. The third-order valence-corrected chi connectivity index (χ3v) is 4.14. The van der Waals surface area contributed by atoms with Crippen molar-refractivity contribution in [2.75, 3.05) is 18.6 Å². The minimum absolute atomic E-state index is 0.148. The van der Waals surface area contributed by atoms with Gasteiger partial charge in [-0.1, -0.05) is 18.2 Å². The van der Waals surface area contributed by atoms with Crippen molar-refractivity contribution in [3.8, 4) is 5.75 Å². The molecule has 3 N–H and O–H groups in total. The molecule has 0 fully saturated rings.